The van der Waals surface area contributed by atoms with E-state index in [2.05, 4.69) is 16.0 Å². The van der Waals surface area contributed by atoms with Gasteiger partial charge in [-0.3, -0.25) is 19.7 Å². The van der Waals surface area contributed by atoms with Gasteiger partial charge < -0.3 is 15.7 Å². The van der Waals surface area contributed by atoms with Crippen LogP contribution in [-0.4, -0.2) is 34.8 Å². The van der Waals surface area contributed by atoms with Crippen molar-refractivity contribution in [3.8, 4) is 0 Å². The molecule has 0 fully saturated rings. The maximum absolute atomic E-state index is 11.8. The summed E-state index contributed by atoms with van der Waals surface area (Å²) in [6, 6.07) is 18.9. The average molecular weight is 470 g/mol. The number of carboxylic acids is 1. The number of carbonyl (C=O) groups excluding carboxylic acids is 3. The zero-order chi connectivity index (χ0) is 25.9. The fourth-order valence-corrected chi connectivity index (χ4v) is 2.34. The lowest BCUT2D eigenvalue weighted by atomic mass is 9.94. The van der Waals surface area contributed by atoms with Crippen LogP contribution in [0.1, 0.15) is 48.0 Å². The number of hydrogen-bond acceptors (Lipinski definition) is 5. The van der Waals surface area contributed by atoms with Gasteiger partial charge >= 0.3 is 5.97 Å². The molecular weight excluding hydrogens is 434 g/mol. The first kappa shape index (κ1) is 28.4. The molecule has 2 aromatic rings. The molecule has 0 heterocycles. The van der Waals surface area contributed by atoms with Gasteiger partial charge in [-0.05, 0) is 24.3 Å². The first-order valence-corrected chi connectivity index (χ1v) is 11.0. The topological polar surface area (TPSA) is 125 Å². The van der Waals surface area contributed by atoms with E-state index in [1.54, 1.807) is 41.5 Å². The molecule has 0 aliphatic heterocycles. The lowest BCUT2D eigenvalue weighted by molar-refractivity contribution is -0.145. The summed E-state index contributed by atoms with van der Waals surface area (Å²) in [5.41, 5.74) is 0.705. The number of anilines is 2. The van der Waals surface area contributed by atoms with Crippen LogP contribution in [0, 0.1) is 10.8 Å². The van der Waals surface area contributed by atoms with Crippen LogP contribution in [0.3, 0.4) is 0 Å². The highest BCUT2D eigenvalue weighted by Gasteiger charge is 2.30. The van der Waals surface area contributed by atoms with E-state index in [-0.39, 0.29) is 0 Å². The Morgan fingerprint density at radius 3 is 1.50 bits per heavy atom. The fraction of sp³-hybridized carbons (Fsp3) is 0.385. The summed E-state index contributed by atoms with van der Waals surface area (Å²) in [4.78, 5) is 46.2. The summed E-state index contributed by atoms with van der Waals surface area (Å²) in [6.07, 6.45) is -0.501. The molecule has 4 N–H and O–H groups in total. The van der Waals surface area contributed by atoms with Gasteiger partial charge in [0.2, 0.25) is 17.7 Å². The number of imide groups is 1. The zero-order valence-corrected chi connectivity index (χ0v) is 20.6. The van der Waals surface area contributed by atoms with Crippen molar-refractivity contribution in [2.45, 2.75) is 54.0 Å². The Hall–Kier alpha value is -3.68. The number of hydrogen-bond donors (Lipinski definition) is 4. The van der Waals surface area contributed by atoms with Gasteiger partial charge in [0, 0.05) is 22.2 Å². The van der Waals surface area contributed by atoms with E-state index in [1.807, 2.05) is 60.7 Å². The van der Waals surface area contributed by atoms with E-state index in [0.29, 0.717) is 0 Å². The number of amides is 3. The van der Waals surface area contributed by atoms with Crippen molar-refractivity contribution in [2.75, 3.05) is 5.32 Å². The minimum Gasteiger partial charge on any atom is -0.480 e. The molecule has 8 heteroatoms. The predicted octanol–water partition coefficient (Wildman–Crippen LogP) is 4.11. The first-order chi connectivity index (χ1) is 15.7. The Kier molecular flexibility index (Phi) is 10.4. The van der Waals surface area contributed by atoms with Gasteiger partial charge in [-0.1, -0.05) is 77.9 Å². The second kappa shape index (κ2) is 12.5. The molecule has 184 valence electrons. The van der Waals surface area contributed by atoms with Gasteiger partial charge in [-0.2, -0.15) is 0 Å². The van der Waals surface area contributed by atoms with Gasteiger partial charge in [-0.15, -0.1) is 0 Å². The van der Waals surface area contributed by atoms with Crippen molar-refractivity contribution in [1.82, 2.24) is 10.6 Å². The van der Waals surface area contributed by atoms with Gasteiger partial charge in [0.05, 0.1) is 6.42 Å². The van der Waals surface area contributed by atoms with Gasteiger partial charge in [-0.25, -0.2) is 4.79 Å². The zero-order valence-electron chi connectivity index (χ0n) is 20.6. The first-order valence-electron chi connectivity index (χ1n) is 11.0. The molecule has 0 aliphatic carbocycles. The molecule has 0 aromatic heterocycles. The molecule has 0 saturated heterocycles. The monoisotopic (exact) mass is 469 g/mol. The molecule has 1 atom stereocenters. The van der Waals surface area contributed by atoms with E-state index >= 15 is 0 Å². The normalized spacial score (nSPS) is 11.8. The van der Waals surface area contributed by atoms with Gasteiger partial charge in [0.1, 0.15) is 6.04 Å². The van der Waals surface area contributed by atoms with E-state index in [9.17, 15) is 19.2 Å². The van der Waals surface area contributed by atoms with Crippen LogP contribution in [0.15, 0.2) is 60.7 Å². The minimum absolute atomic E-state index is 0.482. The van der Waals surface area contributed by atoms with Crippen LogP contribution in [0.25, 0.3) is 0 Å². The van der Waals surface area contributed by atoms with E-state index in [4.69, 9.17) is 5.11 Å². The number of carbonyl (C=O) groups is 4. The molecule has 3 amide bonds. The molecule has 0 saturated carbocycles. The summed E-state index contributed by atoms with van der Waals surface area (Å²) in [5, 5.41) is 16.8. The number of benzene rings is 2. The second-order valence-electron chi connectivity index (χ2n) is 9.80. The average Bonchev–Trinajstić information content (AvgIpc) is 2.73. The van der Waals surface area contributed by atoms with Crippen molar-refractivity contribution in [2.24, 2.45) is 10.8 Å². The largest absolute Gasteiger partial charge is 0.480 e. The van der Waals surface area contributed by atoms with E-state index < -0.39 is 47.0 Å². The molecule has 8 nitrogen and oxygen atoms in total. The summed E-state index contributed by atoms with van der Waals surface area (Å²) >= 11 is 0. The van der Waals surface area contributed by atoms with Crippen LogP contribution in [0.5, 0.6) is 0 Å². The van der Waals surface area contributed by atoms with E-state index in [1.165, 1.54) is 0 Å². The van der Waals surface area contributed by atoms with Crippen molar-refractivity contribution in [1.29, 1.82) is 0 Å². The number of carboxylic acid groups (broad SMARTS) is 1. The molecule has 0 aliphatic rings. The third-order valence-corrected chi connectivity index (χ3v) is 4.44. The lowest BCUT2D eigenvalue weighted by Crippen LogP contribution is -2.49. The van der Waals surface area contributed by atoms with Crippen LogP contribution in [0.2, 0.25) is 0 Å². The standard InChI is InChI=1S/C14H24N2O5.C12H11N/c1-13(2,3)11(20)15-8(10(18)19)7-9(17)16-12(21)14(4,5)6;1-3-7-11(8-4-1)13-12-9-5-2-6-10-12/h8H,7H2,1-6H3,(H,15,20)(H,18,19)(H,16,17,21);1-10,13H. The Balaban J connectivity index is 0.000000375. The molecule has 0 bridgehead atoms. The SMILES string of the molecule is CC(C)(C)C(=O)NC(=O)CC(NC(=O)C(C)(C)C)C(=O)O.c1ccc(Nc2ccccc2)cc1. The van der Waals surface area contributed by atoms with Gasteiger partial charge in [0.25, 0.3) is 0 Å². The minimum atomic E-state index is -1.37. The summed E-state index contributed by atoms with van der Waals surface area (Å²) < 4.78 is 0. The lowest BCUT2D eigenvalue weighted by Gasteiger charge is -2.22. The third kappa shape index (κ3) is 10.8. The molecule has 34 heavy (non-hydrogen) atoms. The highest BCUT2D eigenvalue weighted by Crippen LogP contribution is 2.15. The maximum atomic E-state index is 11.8. The van der Waals surface area contributed by atoms with Crippen molar-refractivity contribution in [3.05, 3.63) is 60.7 Å². The molecule has 2 rings (SSSR count). The maximum Gasteiger partial charge on any atom is 0.326 e. The molecule has 0 radical (unpaired) electrons. The highest BCUT2D eigenvalue weighted by atomic mass is 16.4. The Morgan fingerprint density at radius 2 is 1.15 bits per heavy atom. The van der Waals surface area contributed by atoms with Crippen LogP contribution < -0.4 is 16.0 Å². The number of para-hydroxylation sites is 2. The van der Waals surface area contributed by atoms with Crippen LogP contribution in [0.4, 0.5) is 11.4 Å². The fourth-order valence-electron chi connectivity index (χ4n) is 2.34. The van der Waals surface area contributed by atoms with Crippen molar-refractivity contribution in [3.63, 3.8) is 0 Å². The van der Waals surface area contributed by atoms with Crippen LogP contribution >= 0.6 is 0 Å². The molecule has 2 aromatic carbocycles. The number of rotatable bonds is 6. The third-order valence-electron chi connectivity index (χ3n) is 4.44. The van der Waals surface area contributed by atoms with Crippen molar-refractivity contribution < 1.29 is 24.3 Å². The quantitative estimate of drug-likeness (QED) is 0.505. The highest BCUT2D eigenvalue weighted by molar-refractivity contribution is 5.99. The molecule has 0 spiro atoms. The Labute approximate surface area is 201 Å². The smallest absolute Gasteiger partial charge is 0.326 e. The summed E-state index contributed by atoms with van der Waals surface area (Å²) in [5.74, 6) is -3.05. The van der Waals surface area contributed by atoms with E-state index in [0.717, 1.165) is 11.4 Å². The Morgan fingerprint density at radius 1 is 0.735 bits per heavy atom. The summed E-state index contributed by atoms with van der Waals surface area (Å²) in [6.45, 7) is 9.78. The predicted molar refractivity (Wildman–Crippen MR) is 132 cm³/mol. The molecule has 1 unspecified atom stereocenters. The van der Waals surface area contributed by atoms with Crippen LogP contribution in [-0.2, 0) is 19.2 Å². The molecular formula is C26H35N3O5. The number of aliphatic carboxylic acids is 1. The van der Waals surface area contributed by atoms with Crippen molar-refractivity contribution >= 4 is 35.1 Å². The number of nitrogens with one attached hydrogen (secondary N) is 3. The summed E-state index contributed by atoms with van der Waals surface area (Å²) in [7, 11) is 0. The second-order valence-corrected chi connectivity index (χ2v) is 9.80. The van der Waals surface area contributed by atoms with Gasteiger partial charge in [0.15, 0.2) is 0 Å². The Bertz CT molecular complexity index is 924.